The van der Waals surface area contributed by atoms with E-state index in [-0.39, 0.29) is 27.1 Å². The molecule has 0 amide bonds. The van der Waals surface area contributed by atoms with Crippen LogP contribution in [0.3, 0.4) is 0 Å². The predicted octanol–water partition coefficient (Wildman–Crippen LogP) is 19.5. The van der Waals surface area contributed by atoms with Crippen molar-refractivity contribution < 1.29 is 0 Å². The van der Waals surface area contributed by atoms with Crippen LogP contribution in [0.1, 0.15) is 132 Å². The van der Waals surface area contributed by atoms with Crippen LogP contribution in [0.2, 0.25) is 0 Å². The topological polar surface area (TPSA) is 36.0 Å². The van der Waals surface area contributed by atoms with Crippen molar-refractivity contribution in [3.63, 3.8) is 0 Å². The van der Waals surface area contributed by atoms with Gasteiger partial charge in [-0.2, -0.15) is 0 Å². The molecule has 0 unspecified atom stereocenters. The third-order valence-corrected chi connectivity index (χ3v) is 16.2. The van der Waals surface area contributed by atoms with Crippen molar-refractivity contribution in [3.05, 3.63) is 134 Å². The Hall–Kier alpha value is -5.10. The van der Waals surface area contributed by atoms with Crippen LogP contribution in [0.15, 0.2) is 106 Å². The van der Waals surface area contributed by atoms with Crippen molar-refractivity contribution >= 4 is 114 Å². The van der Waals surface area contributed by atoms with E-state index in [4.69, 9.17) is 0 Å². The summed E-state index contributed by atoms with van der Waals surface area (Å²) in [4.78, 5) is 8.05. The molecule has 0 aliphatic rings. The van der Waals surface area contributed by atoms with Gasteiger partial charge in [0, 0.05) is 85.3 Å². The first-order chi connectivity index (χ1) is 31.2. The largest absolute Gasteiger partial charge is 0.354 e. The number of rotatable bonds is 2. The highest BCUT2D eigenvalue weighted by atomic mass is 79.9. The number of nitrogens with one attached hydrogen (secondary N) is 2. The first kappa shape index (κ1) is 44.4. The molecule has 0 aliphatic carbocycles. The van der Waals surface area contributed by atoms with Gasteiger partial charge in [0.15, 0.2) is 0 Å². The number of aromatic nitrogens is 3. The van der Waals surface area contributed by atoms with Gasteiger partial charge in [0.05, 0.1) is 27.6 Å². The molecule has 0 saturated carbocycles. The fourth-order valence-corrected chi connectivity index (χ4v) is 11.8. The van der Waals surface area contributed by atoms with Gasteiger partial charge in [-0.05, 0) is 140 Å². The molecule has 4 aromatic heterocycles. The standard InChI is InChI=1S/C62H63Br2N3/c1-58(2,3)32-16-20-49-37(22-32)41-24-34(60(7,8)9)28-45(55(41)65-49)53-47(63)18-19-48(64)54(53)46-29-35(61(10,11)12)25-42-38-30-40-44-27-36(62(13,14)15)26-43-39-23-33(59(4,5)6)17-21-51(39)67(57(43)44)52(40)31-50(38)66-56(42)46/h16-31,65-66H,1-15H3. The summed E-state index contributed by atoms with van der Waals surface area (Å²) in [6, 6.07) is 38.2. The van der Waals surface area contributed by atoms with Gasteiger partial charge in [-0.1, -0.05) is 148 Å². The molecule has 67 heavy (non-hydrogen) atoms. The van der Waals surface area contributed by atoms with Gasteiger partial charge in [0.25, 0.3) is 0 Å². The Balaban J connectivity index is 1.25. The van der Waals surface area contributed by atoms with E-state index in [9.17, 15) is 0 Å². The molecule has 340 valence electrons. The van der Waals surface area contributed by atoms with E-state index >= 15 is 0 Å². The van der Waals surface area contributed by atoms with Crippen molar-refractivity contribution in [2.24, 2.45) is 0 Å². The van der Waals surface area contributed by atoms with Gasteiger partial charge in [-0.15, -0.1) is 0 Å². The number of fused-ring (bicyclic) bond motifs is 12. The van der Waals surface area contributed by atoms with Crippen LogP contribution < -0.4 is 0 Å². The highest BCUT2D eigenvalue weighted by Crippen LogP contribution is 2.51. The summed E-state index contributed by atoms with van der Waals surface area (Å²) in [6.07, 6.45) is 0. The summed E-state index contributed by atoms with van der Waals surface area (Å²) < 4.78 is 4.65. The zero-order chi connectivity index (χ0) is 47.8. The van der Waals surface area contributed by atoms with E-state index in [2.05, 4.69) is 247 Å². The molecular weight excluding hydrogens is 947 g/mol. The summed E-state index contributed by atoms with van der Waals surface area (Å²) >= 11 is 8.38. The molecule has 3 nitrogen and oxygen atoms in total. The number of halogens is 2. The lowest BCUT2D eigenvalue weighted by Crippen LogP contribution is -2.12. The van der Waals surface area contributed by atoms with Crippen LogP contribution in [-0.2, 0) is 27.1 Å². The first-order valence-corrected chi connectivity index (χ1v) is 25.6. The summed E-state index contributed by atoms with van der Waals surface area (Å²) in [6.45, 7) is 34.9. The van der Waals surface area contributed by atoms with Crippen LogP contribution >= 0.6 is 31.9 Å². The van der Waals surface area contributed by atoms with Crippen LogP contribution in [0, 0.1) is 0 Å². The molecule has 4 heterocycles. The molecule has 0 saturated heterocycles. The molecule has 0 atom stereocenters. The molecule has 0 bridgehead atoms. The summed E-state index contributed by atoms with van der Waals surface area (Å²) in [5.74, 6) is 0. The van der Waals surface area contributed by atoms with E-state index < -0.39 is 0 Å². The van der Waals surface area contributed by atoms with Crippen molar-refractivity contribution in [2.45, 2.75) is 131 Å². The monoisotopic (exact) mass is 1010 g/mol. The third kappa shape index (κ3) is 6.83. The lowest BCUT2D eigenvalue weighted by Gasteiger charge is -2.24. The Morgan fingerprint density at radius 1 is 0.343 bits per heavy atom. The highest BCUT2D eigenvalue weighted by molar-refractivity contribution is 9.11. The van der Waals surface area contributed by atoms with Gasteiger partial charge in [-0.3, -0.25) is 0 Å². The van der Waals surface area contributed by atoms with Crippen LogP contribution in [0.25, 0.3) is 104 Å². The van der Waals surface area contributed by atoms with Crippen molar-refractivity contribution in [3.8, 4) is 22.3 Å². The van der Waals surface area contributed by atoms with Crippen LogP contribution in [0.5, 0.6) is 0 Å². The number of nitrogens with zero attached hydrogens (tertiary/aromatic N) is 1. The Morgan fingerprint density at radius 2 is 0.731 bits per heavy atom. The molecule has 5 heteroatoms. The van der Waals surface area contributed by atoms with Gasteiger partial charge in [-0.25, -0.2) is 0 Å². The second-order valence-electron chi connectivity index (χ2n) is 24.8. The second kappa shape index (κ2) is 14.2. The molecule has 0 radical (unpaired) electrons. The molecule has 11 rings (SSSR count). The fourth-order valence-electron chi connectivity index (χ4n) is 10.7. The molecule has 11 aromatic rings. The Labute approximate surface area is 412 Å². The Kier molecular flexibility index (Phi) is 9.43. The summed E-state index contributed by atoms with van der Waals surface area (Å²) in [5, 5.41) is 10.3. The Morgan fingerprint density at radius 3 is 1.22 bits per heavy atom. The minimum atomic E-state index is -0.111. The molecule has 7 aromatic carbocycles. The Bertz CT molecular complexity index is 3890. The zero-order valence-electron chi connectivity index (χ0n) is 41.9. The van der Waals surface area contributed by atoms with E-state index in [1.165, 1.54) is 110 Å². The minimum Gasteiger partial charge on any atom is -0.354 e. The normalized spacial score (nSPS) is 13.7. The second-order valence-corrected chi connectivity index (χ2v) is 26.5. The van der Waals surface area contributed by atoms with Crippen molar-refractivity contribution in [1.82, 2.24) is 14.4 Å². The average molecular weight is 1010 g/mol. The van der Waals surface area contributed by atoms with E-state index in [0.717, 1.165) is 31.0 Å². The number of benzene rings is 7. The van der Waals surface area contributed by atoms with Crippen LogP contribution in [0.4, 0.5) is 0 Å². The van der Waals surface area contributed by atoms with E-state index in [1.807, 2.05) is 0 Å². The maximum atomic E-state index is 4.20. The van der Waals surface area contributed by atoms with Crippen molar-refractivity contribution in [2.75, 3.05) is 0 Å². The maximum Gasteiger partial charge on any atom is 0.0620 e. The van der Waals surface area contributed by atoms with Crippen molar-refractivity contribution in [1.29, 1.82) is 0 Å². The maximum absolute atomic E-state index is 4.20. The lowest BCUT2D eigenvalue weighted by molar-refractivity contribution is 0.590. The van der Waals surface area contributed by atoms with E-state index in [0.29, 0.717) is 0 Å². The molecule has 0 spiro atoms. The zero-order valence-corrected chi connectivity index (χ0v) is 45.1. The average Bonchev–Trinajstić information content (AvgIpc) is 3.97. The first-order valence-electron chi connectivity index (χ1n) is 24.1. The number of hydrogen-bond acceptors (Lipinski definition) is 0. The van der Waals surface area contributed by atoms with Gasteiger partial charge in [0.2, 0.25) is 0 Å². The summed E-state index contributed by atoms with van der Waals surface area (Å²) in [5.41, 5.74) is 19.6. The molecule has 2 N–H and O–H groups in total. The molecule has 0 fully saturated rings. The fraction of sp³-hybridized carbons (Fsp3) is 0.323. The number of aromatic amines is 2. The number of hydrogen-bond donors (Lipinski definition) is 2. The van der Waals surface area contributed by atoms with Crippen LogP contribution in [-0.4, -0.2) is 14.4 Å². The van der Waals surface area contributed by atoms with E-state index in [1.54, 1.807) is 0 Å². The minimum absolute atomic E-state index is 0.0137. The third-order valence-electron chi connectivity index (χ3n) is 14.9. The molecular formula is C62H63Br2N3. The molecule has 0 aliphatic heterocycles. The van der Waals surface area contributed by atoms with Gasteiger partial charge >= 0.3 is 0 Å². The highest BCUT2D eigenvalue weighted by Gasteiger charge is 2.29. The van der Waals surface area contributed by atoms with Gasteiger partial charge < -0.3 is 14.4 Å². The predicted molar refractivity (Wildman–Crippen MR) is 300 cm³/mol. The summed E-state index contributed by atoms with van der Waals surface area (Å²) in [7, 11) is 0. The quantitative estimate of drug-likeness (QED) is 0.173. The SMILES string of the molecule is CC(C)(C)c1ccc2[nH]c3c(-c4c(Br)ccc(Br)c4-c4cc(C(C)(C)C)cc5c4[nH]c4cc6c(cc45)c4cc(C(C)(C)C)cc5c7cc(C(C)(C)C)ccc7n6c54)cc(C(C)(C)C)cc3c2c1. The lowest BCUT2D eigenvalue weighted by atomic mass is 9.81. The number of H-pyrrole nitrogens is 2. The smallest absolute Gasteiger partial charge is 0.0620 e. The van der Waals surface area contributed by atoms with Gasteiger partial charge in [0.1, 0.15) is 0 Å².